The predicted octanol–water partition coefficient (Wildman–Crippen LogP) is 1.08. The minimum atomic E-state index is -0.634. The van der Waals surface area contributed by atoms with Crippen LogP contribution in [-0.2, 0) is 23.8 Å². The first-order valence-corrected chi connectivity index (χ1v) is 8.80. The normalized spacial score (nSPS) is 14.8. The average Bonchev–Trinajstić information content (AvgIpc) is 2.72. The Morgan fingerprint density at radius 1 is 1.00 bits per heavy atom. The zero-order chi connectivity index (χ0) is 20.7. The Morgan fingerprint density at radius 3 is 2.21 bits per heavy atom. The summed E-state index contributed by atoms with van der Waals surface area (Å²) in [6.45, 7) is 1.26. The summed E-state index contributed by atoms with van der Waals surface area (Å²) in [7, 11) is 3.84. The number of amides is 1. The van der Waals surface area contributed by atoms with Gasteiger partial charge in [0, 0.05) is 0 Å². The molecule has 1 aromatic carbocycles. The van der Waals surface area contributed by atoms with Gasteiger partial charge in [-0.05, 0) is 44.1 Å². The molecule has 0 aliphatic carbocycles. The maximum absolute atomic E-state index is 12.5. The molecule has 0 bridgehead atoms. The van der Waals surface area contributed by atoms with E-state index in [4.69, 9.17) is 9.47 Å². The molecule has 1 aliphatic heterocycles. The number of anilines is 1. The van der Waals surface area contributed by atoms with Crippen molar-refractivity contribution >= 4 is 29.5 Å². The van der Waals surface area contributed by atoms with E-state index in [-0.39, 0.29) is 41.2 Å². The highest BCUT2D eigenvalue weighted by Gasteiger charge is 2.26. The number of nitrogens with zero attached hydrogens (tertiary/aromatic N) is 1. The number of likely N-dealkylation sites (tertiary alicyclic amines) is 1. The number of esters is 3. The van der Waals surface area contributed by atoms with Crippen LogP contribution in [0.1, 0.15) is 33.6 Å². The zero-order valence-corrected chi connectivity index (χ0v) is 16.1. The number of rotatable bonds is 6. The van der Waals surface area contributed by atoms with E-state index in [2.05, 4.69) is 10.1 Å². The van der Waals surface area contributed by atoms with Crippen LogP contribution in [0.3, 0.4) is 0 Å². The SMILES string of the molecule is COC(=O)c1ccc(C(=O)OC)c(NC(=O)CN2CCC(C(=O)OC)CC2)c1. The van der Waals surface area contributed by atoms with Gasteiger partial charge in [-0.1, -0.05) is 0 Å². The summed E-state index contributed by atoms with van der Waals surface area (Å²) in [5.74, 6) is -1.94. The average molecular weight is 392 g/mol. The second-order valence-electron chi connectivity index (χ2n) is 6.37. The number of carbonyl (C=O) groups excluding carboxylic acids is 4. The van der Waals surface area contributed by atoms with Crippen LogP contribution >= 0.6 is 0 Å². The molecule has 0 saturated carbocycles. The molecule has 0 radical (unpaired) electrons. The van der Waals surface area contributed by atoms with E-state index in [0.717, 1.165) is 0 Å². The third kappa shape index (κ3) is 5.29. The van der Waals surface area contributed by atoms with E-state index >= 15 is 0 Å². The molecule has 0 unspecified atom stereocenters. The van der Waals surface area contributed by atoms with Crippen molar-refractivity contribution < 1.29 is 33.4 Å². The Hall–Kier alpha value is -2.94. The molecular formula is C19H24N2O7. The van der Waals surface area contributed by atoms with E-state index in [1.165, 1.54) is 39.5 Å². The molecule has 1 amide bonds. The van der Waals surface area contributed by atoms with Crippen molar-refractivity contribution in [3.8, 4) is 0 Å². The number of hydrogen-bond acceptors (Lipinski definition) is 8. The van der Waals surface area contributed by atoms with Crippen molar-refractivity contribution in [1.82, 2.24) is 4.90 Å². The van der Waals surface area contributed by atoms with Crippen molar-refractivity contribution in [3.05, 3.63) is 29.3 Å². The monoisotopic (exact) mass is 392 g/mol. The molecule has 2 rings (SSSR count). The lowest BCUT2D eigenvalue weighted by Gasteiger charge is -2.30. The molecule has 9 heteroatoms. The van der Waals surface area contributed by atoms with E-state index in [0.29, 0.717) is 25.9 Å². The fourth-order valence-electron chi connectivity index (χ4n) is 3.07. The molecule has 1 aromatic rings. The van der Waals surface area contributed by atoms with Crippen molar-refractivity contribution in [2.45, 2.75) is 12.8 Å². The fraction of sp³-hybridized carbons (Fsp3) is 0.474. The number of methoxy groups -OCH3 is 3. The minimum absolute atomic E-state index is 0.0942. The summed E-state index contributed by atoms with van der Waals surface area (Å²) in [4.78, 5) is 49.6. The van der Waals surface area contributed by atoms with Gasteiger partial charge in [-0.25, -0.2) is 9.59 Å². The number of benzene rings is 1. The third-order valence-electron chi connectivity index (χ3n) is 4.61. The van der Waals surface area contributed by atoms with Gasteiger partial charge in [0.25, 0.3) is 0 Å². The summed E-state index contributed by atoms with van der Waals surface area (Å²) in [6, 6.07) is 4.19. The van der Waals surface area contributed by atoms with Gasteiger partial charge in [0.15, 0.2) is 0 Å². The van der Waals surface area contributed by atoms with Gasteiger partial charge in [0.1, 0.15) is 0 Å². The predicted molar refractivity (Wildman–Crippen MR) is 98.9 cm³/mol. The maximum atomic E-state index is 12.5. The second-order valence-corrected chi connectivity index (χ2v) is 6.37. The van der Waals surface area contributed by atoms with Gasteiger partial charge in [0.2, 0.25) is 5.91 Å². The molecular weight excluding hydrogens is 368 g/mol. The standard InChI is InChI=1S/C19H24N2O7/c1-26-17(23)12-6-8-21(9-7-12)11-16(22)20-15-10-13(18(24)27-2)4-5-14(15)19(25)28-3/h4-5,10,12H,6-9,11H2,1-3H3,(H,20,22). The van der Waals surface area contributed by atoms with Gasteiger partial charge in [-0.2, -0.15) is 0 Å². The van der Waals surface area contributed by atoms with Crippen molar-refractivity contribution in [2.75, 3.05) is 46.3 Å². The quantitative estimate of drug-likeness (QED) is 0.566. The number of hydrogen-bond donors (Lipinski definition) is 1. The van der Waals surface area contributed by atoms with Crippen LogP contribution in [0.15, 0.2) is 18.2 Å². The highest BCUT2D eigenvalue weighted by atomic mass is 16.5. The topological polar surface area (TPSA) is 111 Å². The van der Waals surface area contributed by atoms with Crippen molar-refractivity contribution in [1.29, 1.82) is 0 Å². The summed E-state index contributed by atoms with van der Waals surface area (Å²) in [5.41, 5.74) is 0.501. The lowest BCUT2D eigenvalue weighted by Crippen LogP contribution is -2.41. The highest BCUT2D eigenvalue weighted by Crippen LogP contribution is 2.21. The Morgan fingerprint density at radius 2 is 1.64 bits per heavy atom. The molecule has 0 aromatic heterocycles. The van der Waals surface area contributed by atoms with Crippen LogP contribution in [0.25, 0.3) is 0 Å². The molecule has 9 nitrogen and oxygen atoms in total. The lowest BCUT2D eigenvalue weighted by molar-refractivity contribution is -0.147. The van der Waals surface area contributed by atoms with Crippen LogP contribution in [0.5, 0.6) is 0 Å². The Labute approximate surface area is 162 Å². The van der Waals surface area contributed by atoms with Gasteiger partial charge in [-0.15, -0.1) is 0 Å². The Kier molecular flexibility index (Phi) is 7.51. The van der Waals surface area contributed by atoms with Crippen LogP contribution in [0.4, 0.5) is 5.69 Å². The van der Waals surface area contributed by atoms with Gasteiger partial charge in [-0.3, -0.25) is 14.5 Å². The molecule has 1 fully saturated rings. The summed E-state index contributed by atoms with van der Waals surface area (Å²) in [5, 5.41) is 2.66. The number of carbonyl (C=O) groups is 4. The zero-order valence-electron chi connectivity index (χ0n) is 16.1. The van der Waals surface area contributed by atoms with Crippen molar-refractivity contribution in [3.63, 3.8) is 0 Å². The number of ether oxygens (including phenoxy) is 3. The van der Waals surface area contributed by atoms with Crippen LogP contribution in [0.2, 0.25) is 0 Å². The molecule has 1 saturated heterocycles. The van der Waals surface area contributed by atoms with Gasteiger partial charge < -0.3 is 19.5 Å². The molecule has 1 heterocycles. The lowest BCUT2D eigenvalue weighted by atomic mass is 9.97. The first-order chi connectivity index (χ1) is 13.4. The van der Waals surface area contributed by atoms with E-state index in [1.807, 2.05) is 4.90 Å². The summed E-state index contributed by atoms with van der Waals surface area (Å²) >= 11 is 0. The van der Waals surface area contributed by atoms with Gasteiger partial charge >= 0.3 is 17.9 Å². The summed E-state index contributed by atoms with van der Waals surface area (Å²) < 4.78 is 14.1. The summed E-state index contributed by atoms with van der Waals surface area (Å²) in [6.07, 6.45) is 1.23. The largest absolute Gasteiger partial charge is 0.469 e. The van der Waals surface area contributed by atoms with Gasteiger partial charge in [0.05, 0.1) is 50.6 Å². The molecule has 1 aliphatic rings. The third-order valence-corrected chi connectivity index (χ3v) is 4.61. The molecule has 0 atom stereocenters. The highest BCUT2D eigenvalue weighted by molar-refractivity contribution is 6.03. The van der Waals surface area contributed by atoms with Crippen molar-refractivity contribution in [2.24, 2.45) is 5.92 Å². The first kappa shape index (κ1) is 21.4. The Balaban J connectivity index is 2.05. The van der Waals surface area contributed by atoms with Crippen LogP contribution in [-0.4, -0.2) is 69.7 Å². The second kappa shape index (κ2) is 9.84. The van der Waals surface area contributed by atoms with Crippen LogP contribution < -0.4 is 5.32 Å². The maximum Gasteiger partial charge on any atom is 0.339 e. The molecule has 0 spiro atoms. The van der Waals surface area contributed by atoms with E-state index in [9.17, 15) is 19.2 Å². The van der Waals surface area contributed by atoms with E-state index in [1.54, 1.807) is 0 Å². The fourth-order valence-corrected chi connectivity index (χ4v) is 3.07. The van der Waals surface area contributed by atoms with E-state index < -0.39 is 11.9 Å². The molecule has 28 heavy (non-hydrogen) atoms. The minimum Gasteiger partial charge on any atom is -0.469 e. The molecule has 1 N–H and O–H groups in total. The molecule has 152 valence electrons. The Bertz CT molecular complexity index is 755. The van der Waals surface area contributed by atoms with Crippen LogP contribution in [0, 0.1) is 5.92 Å². The smallest absolute Gasteiger partial charge is 0.339 e. The first-order valence-electron chi connectivity index (χ1n) is 8.80. The number of nitrogens with one attached hydrogen (secondary N) is 1. The number of piperidine rings is 1.